The molecule has 1 aromatic rings. The lowest BCUT2D eigenvalue weighted by Crippen LogP contribution is -2.64. The number of carbonyl (C=O) groups excluding carboxylic acids is 1. The molecule has 0 saturated heterocycles. The van der Waals surface area contributed by atoms with Crippen LogP contribution in [0.15, 0.2) is 18.2 Å². The third kappa shape index (κ3) is 1.58. The summed E-state index contributed by atoms with van der Waals surface area (Å²) in [5, 5.41) is 0. The summed E-state index contributed by atoms with van der Waals surface area (Å²) < 4.78 is 23.8. The van der Waals surface area contributed by atoms with Gasteiger partial charge < -0.3 is 9.47 Å². The number of ether oxygens (including phenoxy) is 2. The molecule has 3 saturated carbocycles. The van der Waals surface area contributed by atoms with E-state index in [1.165, 1.54) is 13.2 Å². The highest BCUT2D eigenvalue weighted by molar-refractivity contribution is 5.82. The number of esters is 1. The van der Waals surface area contributed by atoms with Gasteiger partial charge in [0.25, 0.3) is 0 Å². The summed E-state index contributed by atoms with van der Waals surface area (Å²) in [6.07, 6.45) is 1.76. The van der Waals surface area contributed by atoms with E-state index < -0.39 is 0 Å². The molecule has 1 aromatic carbocycles. The fourth-order valence-electron chi connectivity index (χ4n) is 3.53. The van der Waals surface area contributed by atoms with Crippen molar-refractivity contribution in [2.24, 2.45) is 11.3 Å². The van der Waals surface area contributed by atoms with Crippen LogP contribution in [0.25, 0.3) is 0 Å². The van der Waals surface area contributed by atoms with Gasteiger partial charge in [0.1, 0.15) is 0 Å². The highest BCUT2D eigenvalue weighted by atomic mass is 19.1. The molecule has 4 rings (SSSR count). The summed E-state index contributed by atoms with van der Waals surface area (Å²) in [5.41, 5.74) is 0.496. The summed E-state index contributed by atoms with van der Waals surface area (Å²) in [4.78, 5) is 12.0. The maximum absolute atomic E-state index is 13.7. The molecule has 0 amide bonds. The number of hydrogen-bond acceptors (Lipinski definition) is 3. The van der Waals surface area contributed by atoms with Crippen LogP contribution in [0.4, 0.5) is 4.39 Å². The van der Waals surface area contributed by atoms with E-state index in [1.54, 1.807) is 6.07 Å². The van der Waals surface area contributed by atoms with Crippen molar-refractivity contribution >= 4 is 5.97 Å². The van der Waals surface area contributed by atoms with Gasteiger partial charge >= 0.3 is 5.97 Å². The second kappa shape index (κ2) is 4.22. The minimum atomic E-state index is -0.387. The zero-order valence-corrected chi connectivity index (χ0v) is 11.1. The van der Waals surface area contributed by atoms with E-state index in [-0.39, 0.29) is 28.9 Å². The van der Waals surface area contributed by atoms with E-state index in [2.05, 4.69) is 0 Å². The standard InChI is InChI=1S/C15H17FO3/c1-3-19-14(17)15-7-10(8-15)13(15)9-4-5-12(18-2)11(16)6-9/h4-6,10,13H,3,7-8H2,1-2H3. The molecule has 3 fully saturated rings. The Bertz CT molecular complexity index is 520. The van der Waals surface area contributed by atoms with Crippen molar-refractivity contribution in [2.75, 3.05) is 13.7 Å². The number of carbonyl (C=O) groups is 1. The lowest BCUT2D eigenvalue weighted by molar-refractivity contribution is -0.201. The van der Waals surface area contributed by atoms with Gasteiger partial charge in [0.05, 0.1) is 19.1 Å². The van der Waals surface area contributed by atoms with E-state index in [0.717, 1.165) is 18.4 Å². The zero-order valence-electron chi connectivity index (χ0n) is 11.1. The van der Waals surface area contributed by atoms with Crippen molar-refractivity contribution in [2.45, 2.75) is 25.7 Å². The first-order chi connectivity index (χ1) is 9.12. The van der Waals surface area contributed by atoms with Crippen molar-refractivity contribution < 1.29 is 18.7 Å². The van der Waals surface area contributed by atoms with Gasteiger partial charge in [-0.05, 0) is 43.4 Å². The topological polar surface area (TPSA) is 35.5 Å². The maximum atomic E-state index is 13.7. The highest BCUT2D eigenvalue weighted by Gasteiger charge is 2.70. The van der Waals surface area contributed by atoms with E-state index in [9.17, 15) is 9.18 Å². The van der Waals surface area contributed by atoms with Gasteiger partial charge in [-0.25, -0.2) is 4.39 Å². The van der Waals surface area contributed by atoms with Crippen molar-refractivity contribution in [3.8, 4) is 5.75 Å². The van der Waals surface area contributed by atoms with Crippen LogP contribution in [0.5, 0.6) is 5.75 Å². The number of halogens is 1. The lowest BCUT2D eigenvalue weighted by Gasteiger charge is -2.66. The summed E-state index contributed by atoms with van der Waals surface area (Å²) in [6.45, 7) is 2.21. The Labute approximate surface area is 111 Å². The minimum absolute atomic E-state index is 0.118. The van der Waals surface area contributed by atoms with Crippen LogP contribution >= 0.6 is 0 Å². The zero-order chi connectivity index (χ0) is 13.6. The molecule has 102 valence electrons. The minimum Gasteiger partial charge on any atom is -0.494 e. The summed E-state index contributed by atoms with van der Waals surface area (Å²) in [7, 11) is 1.44. The number of methoxy groups -OCH3 is 1. The SMILES string of the molecule is CCOC(=O)C12CC(C1)C2c1ccc(OC)c(F)c1. The monoisotopic (exact) mass is 264 g/mol. The van der Waals surface area contributed by atoms with Crippen LogP contribution < -0.4 is 4.74 Å². The molecule has 3 nitrogen and oxygen atoms in total. The predicted molar refractivity (Wildman–Crippen MR) is 67.5 cm³/mol. The Morgan fingerprint density at radius 3 is 2.68 bits per heavy atom. The average molecular weight is 264 g/mol. The first kappa shape index (κ1) is 12.5. The number of hydrogen-bond donors (Lipinski definition) is 0. The molecular formula is C15H17FO3. The predicted octanol–water partition coefficient (Wildman–Crippen LogP) is 2.89. The Balaban J connectivity index is 1.84. The summed E-state index contributed by atoms with van der Waals surface area (Å²) >= 11 is 0. The van der Waals surface area contributed by atoms with Gasteiger partial charge in [-0.1, -0.05) is 6.07 Å². The number of rotatable bonds is 4. The summed E-state index contributed by atoms with van der Waals surface area (Å²) in [5.74, 6) is 0.357. The maximum Gasteiger partial charge on any atom is 0.312 e. The quantitative estimate of drug-likeness (QED) is 0.784. The second-order valence-corrected chi connectivity index (χ2v) is 5.42. The number of benzene rings is 1. The molecule has 2 bridgehead atoms. The van der Waals surface area contributed by atoms with E-state index in [1.807, 2.05) is 13.0 Å². The fraction of sp³-hybridized carbons (Fsp3) is 0.533. The molecule has 0 aliphatic heterocycles. The molecule has 3 aliphatic carbocycles. The highest BCUT2D eigenvalue weighted by Crippen LogP contribution is 2.73. The Morgan fingerprint density at radius 1 is 1.47 bits per heavy atom. The van der Waals surface area contributed by atoms with Gasteiger partial charge in [-0.3, -0.25) is 4.79 Å². The third-order valence-corrected chi connectivity index (χ3v) is 4.54. The Morgan fingerprint density at radius 2 is 2.21 bits per heavy atom. The fourth-order valence-corrected chi connectivity index (χ4v) is 3.53. The molecule has 0 N–H and O–H groups in total. The van der Waals surface area contributed by atoms with Gasteiger partial charge in [0.2, 0.25) is 0 Å². The third-order valence-electron chi connectivity index (χ3n) is 4.54. The smallest absolute Gasteiger partial charge is 0.312 e. The van der Waals surface area contributed by atoms with Gasteiger partial charge in [-0.15, -0.1) is 0 Å². The molecule has 1 unspecified atom stereocenters. The van der Waals surface area contributed by atoms with Crippen molar-refractivity contribution in [1.29, 1.82) is 0 Å². The second-order valence-electron chi connectivity index (χ2n) is 5.42. The first-order valence-electron chi connectivity index (χ1n) is 6.63. The van der Waals surface area contributed by atoms with Crippen LogP contribution in [-0.4, -0.2) is 19.7 Å². The molecule has 4 heteroatoms. The van der Waals surface area contributed by atoms with Crippen molar-refractivity contribution in [1.82, 2.24) is 0 Å². The van der Waals surface area contributed by atoms with E-state index >= 15 is 0 Å². The molecule has 0 aromatic heterocycles. The van der Waals surface area contributed by atoms with Crippen LogP contribution in [0.3, 0.4) is 0 Å². The summed E-state index contributed by atoms with van der Waals surface area (Å²) in [6, 6.07) is 4.97. The van der Waals surface area contributed by atoms with Crippen molar-refractivity contribution in [3.05, 3.63) is 29.6 Å². The Kier molecular flexibility index (Phi) is 2.77. The Hall–Kier alpha value is -1.58. The van der Waals surface area contributed by atoms with Crippen LogP contribution in [0.2, 0.25) is 0 Å². The molecule has 3 aliphatic rings. The molecule has 19 heavy (non-hydrogen) atoms. The molecule has 1 atom stereocenters. The largest absolute Gasteiger partial charge is 0.494 e. The van der Waals surface area contributed by atoms with Gasteiger partial charge in [0.15, 0.2) is 11.6 Å². The lowest BCUT2D eigenvalue weighted by atomic mass is 9.36. The first-order valence-corrected chi connectivity index (χ1v) is 6.63. The van der Waals surface area contributed by atoms with Crippen LogP contribution in [0, 0.1) is 17.2 Å². The molecule has 0 spiro atoms. The molecule has 0 heterocycles. The average Bonchev–Trinajstić information content (AvgIpc) is 2.26. The molecule has 0 radical (unpaired) electrons. The van der Waals surface area contributed by atoms with E-state index in [0.29, 0.717) is 12.5 Å². The van der Waals surface area contributed by atoms with Gasteiger partial charge in [0, 0.05) is 5.92 Å². The van der Waals surface area contributed by atoms with Gasteiger partial charge in [-0.2, -0.15) is 0 Å². The molecular weight excluding hydrogens is 247 g/mol. The normalized spacial score (nSPS) is 31.1. The van der Waals surface area contributed by atoms with Crippen molar-refractivity contribution in [3.63, 3.8) is 0 Å². The van der Waals surface area contributed by atoms with E-state index in [4.69, 9.17) is 9.47 Å². The van der Waals surface area contributed by atoms with Crippen LogP contribution in [0.1, 0.15) is 31.2 Å². The van der Waals surface area contributed by atoms with Crippen LogP contribution in [-0.2, 0) is 9.53 Å².